The minimum Gasteiger partial charge on any atom is -0.379 e. The first-order chi connectivity index (χ1) is 14.6. The first kappa shape index (κ1) is 28.9. The first-order valence-corrected chi connectivity index (χ1v) is 10.8. The van der Waals surface area contributed by atoms with Gasteiger partial charge in [-0.05, 0) is 0 Å². The van der Waals surface area contributed by atoms with Crippen molar-refractivity contribution in [2.45, 2.75) is 33.6 Å². The minimum atomic E-state index is 0.0284. The van der Waals surface area contributed by atoms with Crippen LogP contribution in [0.4, 0.5) is 0 Å². The van der Waals surface area contributed by atoms with Crippen LogP contribution in [-0.4, -0.2) is 97.5 Å². The zero-order valence-electron chi connectivity index (χ0n) is 18.9. The van der Waals surface area contributed by atoms with Gasteiger partial charge in [0.15, 0.2) is 0 Å². The largest absolute Gasteiger partial charge is 0.379 e. The molecule has 0 radical (unpaired) electrons. The number of rotatable bonds is 23. The third-order valence-electron chi connectivity index (χ3n) is 3.89. The van der Waals surface area contributed by atoms with Gasteiger partial charge in [0, 0.05) is 25.3 Å². The van der Waals surface area contributed by atoms with Gasteiger partial charge >= 0.3 is 0 Å². The summed E-state index contributed by atoms with van der Waals surface area (Å²) >= 11 is 0. The lowest BCUT2D eigenvalue weighted by atomic mass is 10.1. The zero-order valence-corrected chi connectivity index (χ0v) is 18.9. The predicted molar refractivity (Wildman–Crippen MR) is 113 cm³/mol. The number of amides is 1. The smallest absolute Gasteiger partial charge is 0.219 e. The molecule has 0 saturated carbocycles. The fourth-order valence-electron chi connectivity index (χ4n) is 2.05. The molecule has 0 aliphatic rings. The first-order valence-electron chi connectivity index (χ1n) is 10.8. The summed E-state index contributed by atoms with van der Waals surface area (Å²) in [4.78, 5) is 22.4. The molecule has 9 nitrogen and oxygen atoms in total. The number of Topliss-reactive ketones (excluding diaryl/α,β-unsaturated/α-hetero) is 1. The fourth-order valence-corrected chi connectivity index (χ4v) is 2.05. The molecule has 9 heteroatoms. The molecule has 1 amide bonds. The van der Waals surface area contributed by atoms with Crippen LogP contribution in [0.2, 0.25) is 0 Å². The van der Waals surface area contributed by atoms with Crippen molar-refractivity contribution in [3.05, 3.63) is 0 Å². The number of ketones is 1. The SMILES string of the molecule is CCC(=O)NCCOCCOCCOCCOCCOCCOCCC(=O)C(C)C. The number of carbonyl (C=O) groups excluding carboxylic acids is 2. The standard InChI is InChI=1S/C21H41NO8/c1-4-21(24)22-6-8-26-10-12-28-14-16-30-18-17-29-15-13-27-11-9-25-7-5-20(23)19(2)3/h19H,4-18H2,1-3H3,(H,22,24). The van der Waals surface area contributed by atoms with E-state index >= 15 is 0 Å². The molecule has 30 heavy (non-hydrogen) atoms. The van der Waals surface area contributed by atoms with Gasteiger partial charge in [0.1, 0.15) is 5.78 Å². The summed E-state index contributed by atoms with van der Waals surface area (Å²) < 4.78 is 32.2. The molecule has 0 heterocycles. The van der Waals surface area contributed by atoms with E-state index in [1.807, 2.05) is 20.8 Å². The number of hydrogen-bond acceptors (Lipinski definition) is 8. The van der Waals surface area contributed by atoms with Crippen LogP contribution >= 0.6 is 0 Å². The summed E-state index contributed by atoms with van der Waals surface area (Å²) in [6, 6.07) is 0. The molecule has 0 aromatic carbocycles. The topological polar surface area (TPSA) is 102 Å². The molecular weight excluding hydrogens is 394 g/mol. The van der Waals surface area contributed by atoms with Gasteiger partial charge in [-0.15, -0.1) is 0 Å². The van der Waals surface area contributed by atoms with Gasteiger partial charge in [-0.1, -0.05) is 20.8 Å². The van der Waals surface area contributed by atoms with Crippen LogP contribution in [-0.2, 0) is 38.0 Å². The van der Waals surface area contributed by atoms with E-state index in [1.165, 1.54) is 0 Å². The summed E-state index contributed by atoms with van der Waals surface area (Å²) in [5.74, 6) is 0.314. The van der Waals surface area contributed by atoms with E-state index in [0.717, 1.165) is 0 Å². The Hall–Kier alpha value is -1.10. The van der Waals surface area contributed by atoms with E-state index < -0.39 is 0 Å². The third kappa shape index (κ3) is 21.6. The van der Waals surface area contributed by atoms with Gasteiger partial charge in [-0.2, -0.15) is 0 Å². The van der Waals surface area contributed by atoms with Gasteiger partial charge < -0.3 is 33.7 Å². The second-order valence-electron chi connectivity index (χ2n) is 6.75. The lowest BCUT2D eigenvalue weighted by molar-refractivity contribution is -0.123. The van der Waals surface area contributed by atoms with Crippen LogP contribution in [0.5, 0.6) is 0 Å². The van der Waals surface area contributed by atoms with Gasteiger partial charge in [-0.25, -0.2) is 0 Å². The molecule has 0 aliphatic carbocycles. The molecule has 178 valence electrons. The average Bonchev–Trinajstić information content (AvgIpc) is 2.74. The summed E-state index contributed by atoms with van der Waals surface area (Å²) in [7, 11) is 0. The Balaban J connectivity index is 3.08. The van der Waals surface area contributed by atoms with Crippen LogP contribution in [0, 0.1) is 5.92 Å². The predicted octanol–water partition coefficient (Wildman–Crippen LogP) is 1.23. The lowest BCUT2D eigenvalue weighted by Gasteiger charge is -2.08. The monoisotopic (exact) mass is 435 g/mol. The van der Waals surface area contributed by atoms with Crippen molar-refractivity contribution in [2.24, 2.45) is 5.92 Å². The molecule has 0 rings (SSSR count). The Morgan fingerprint density at radius 2 is 1.00 bits per heavy atom. The minimum absolute atomic E-state index is 0.0284. The maximum atomic E-state index is 11.4. The molecule has 0 aromatic rings. The van der Waals surface area contributed by atoms with E-state index in [4.69, 9.17) is 28.4 Å². The molecule has 0 unspecified atom stereocenters. The number of ether oxygens (including phenoxy) is 6. The second kappa shape index (κ2) is 22.6. The van der Waals surface area contributed by atoms with E-state index in [0.29, 0.717) is 98.7 Å². The highest BCUT2D eigenvalue weighted by Gasteiger charge is 2.06. The van der Waals surface area contributed by atoms with Crippen molar-refractivity contribution < 1.29 is 38.0 Å². The summed E-state index contributed by atoms with van der Waals surface area (Å²) in [6.07, 6.45) is 0.945. The summed E-state index contributed by atoms with van der Waals surface area (Å²) in [5, 5.41) is 2.74. The highest BCUT2D eigenvalue weighted by Crippen LogP contribution is 1.98. The van der Waals surface area contributed by atoms with Gasteiger partial charge in [0.2, 0.25) is 5.91 Å². The summed E-state index contributed by atoms with van der Waals surface area (Å²) in [6.45, 7) is 12.0. The molecule has 0 bridgehead atoms. The molecule has 0 saturated heterocycles. The van der Waals surface area contributed by atoms with Crippen molar-refractivity contribution in [3.8, 4) is 0 Å². The molecule has 0 atom stereocenters. The molecule has 0 aromatic heterocycles. The van der Waals surface area contributed by atoms with E-state index in [2.05, 4.69) is 5.32 Å². The lowest BCUT2D eigenvalue weighted by Crippen LogP contribution is -2.26. The van der Waals surface area contributed by atoms with Crippen LogP contribution in [0.1, 0.15) is 33.6 Å². The van der Waals surface area contributed by atoms with Gasteiger partial charge in [0.05, 0.1) is 79.3 Å². The van der Waals surface area contributed by atoms with Crippen molar-refractivity contribution in [2.75, 3.05) is 85.8 Å². The highest BCUT2D eigenvalue weighted by molar-refractivity contribution is 5.80. The maximum Gasteiger partial charge on any atom is 0.219 e. The average molecular weight is 436 g/mol. The van der Waals surface area contributed by atoms with E-state index in [1.54, 1.807) is 0 Å². The maximum absolute atomic E-state index is 11.4. The van der Waals surface area contributed by atoms with Crippen LogP contribution in [0.25, 0.3) is 0 Å². The van der Waals surface area contributed by atoms with Gasteiger partial charge in [-0.3, -0.25) is 9.59 Å². The second-order valence-corrected chi connectivity index (χ2v) is 6.75. The Morgan fingerprint density at radius 1 is 0.633 bits per heavy atom. The molecule has 0 spiro atoms. The van der Waals surface area contributed by atoms with Crippen molar-refractivity contribution >= 4 is 11.7 Å². The number of carbonyl (C=O) groups is 2. The molecule has 0 aliphatic heterocycles. The van der Waals surface area contributed by atoms with E-state index in [-0.39, 0.29) is 17.6 Å². The van der Waals surface area contributed by atoms with Crippen LogP contribution < -0.4 is 5.32 Å². The molecular formula is C21H41NO8. The fraction of sp³-hybridized carbons (Fsp3) is 0.905. The molecule has 1 N–H and O–H groups in total. The van der Waals surface area contributed by atoms with Gasteiger partial charge in [0.25, 0.3) is 0 Å². The third-order valence-corrected chi connectivity index (χ3v) is 3.89. The van der Waals surface area contributed by atoms with Crippen LogP contribution in [0.15, 0.2) is 0 Å². The number of nitrogens with one attached hydrogen (secondary N) is 1. The quantitative estimate of drug-likeness (QED) is 0.239. The highest BCUT2D eigenvalue weighted by atomic mass is 16.6. The molecule has 0 fully saturated rings. The Labute approximate surface area is 181 Å². The Bertz CT molecular complexity index is 406. The Morgan fingerprint density at radius 3 is 1.37 bits per heavy atom. The zero-order chi connectivity index (χ0) is 22.3. The normalized spacial score (nSPS) is 11.2. The van der Waals surface area contributed by atoms with Crippen LogP contribution in [0.3, 0.4) is 0 Å². The van der Waals surface area contributed by atoms with Crippen molar-refractivity contribution in [3.63, 3.8) is 0 Å². The van der Waals surface area contributed by atoms with Crippen molar-refractivity contribution in [1.29, 1.82) is 0 Å². The Kier molecular flexibility index (Phi) is 21.8. The number of hydrogen-bond donors (Lipinski definition) is 1. The summed E-state index contributed by atoms with van der Waals surface area (Å²) in [5.41, 5.74) is 0. The van der Waals surface area contributed by atoms with E-state index in [9.17, 15) is 9.59 Å². The van der Waals surface area contributed by atoms with Crippen molar-refractivity contribution in [1.82, 2.24) is 5.32 Å².